The van der Waals surface area contributed by atoms with Gasteiger partial charge in [0.1, 0.15) is 17.6 Å². The third kappa shape index (κ3) is 3.83. The molecule has 6 rings (SSSR count). The molecule has 37 heavy (non-hydrogen) atoms. The predicted molar refractivity (Wildman–Crippen MR) is 146 cm³/mol. The zero-order valence-electron chi connectivity index (χ0n) is 20.7. The number of rotatable bonds is 3. The van der Waals surface area contributed by atoms with Crippen molar-refractivity contribution < 1.29 is 14.1 Å². The van der Waals surface area contributed by atoms with Crippen LogP contribution < -0.4 is 5.32 Å². The number of Topliss-reactive ketones (excluding diaryl/α,β-unsaturated/α-hetero) is 1. The molecule has 6 nitrogen and oxygen atoms in total. The van der Waals surface area contributed by atoms with Crippen molar-refractivity contribution in [2.75, 3.05) is 5.32 Å². The summed E-state index contributed by atoms with van der Waals surface area (Å²) in [5.41, 5.74) is 4.44. The van der Waals surface area contributed by atoms with Gasteiger partial charge >= 0.3 is 0 Å². The van der Waals surface area contributed by atoms with Crippen LogP contribution in [0, 0.1) is 22.5 Å². The van der Waals surface area contributed by atoms with Gasteiger partial charge in [-0.1, -0.05) is 55.8 Å². The lowest BCUT2D eigenvalue weighted by atomic mass is 9.68. The molecule has 0 spiro atoms. The number of nitro benzene ring substituents is 1. The number of allylic oxidation sites excluding steroid dienone is 1. The van der Waals surface area contributed by atoms with E-state index >= 15 is 0 Å². The Balaban J connectivity index is 1.53. The average molecular weight is 513 g/mol. The number of hydrogen-bond acceptors (Lipinski definition) is 5. The van der Waals surface area contributed by atoms with Crippen LogP contribution in [0.1, 0.15) is 49.6 Å². The molecule has 0 amide bonds. The highest BCUT2D eigenvalue weighted by molar-refractivity contribution is 6.31. The lowest BCUT2D eigenvalue weighted by Crippen LogP contribution is -2.33. The zero-order chi connectivity index (χ0) is 26.1. The Morgan fingerprint density at radius 2 is 1.86 bits per heavy atom. The van der Waals surface area contributed by atoms with Crippen molar-refractivity contribution in [2.45, 2.75) is 39.7 Å². The fourth-order valence-corrected chi connectivity index (χ4v) is 5.88. The lowest BCUT2D eigenvalue weighted by Gasteiger charge is -2.39. The zero-order valence-corrected chi connectivity index (χ0v) is 21.5. The van der Waals surface area contributed by atoms with Crippen LogP contribution in [-0.2, 0) is 4.79 Å². The first-order chi connectivity index (χ1) is 17.6. The smallest absolute Gasteiger partial charge is 0.280 e. The van der Waals surface area contributed by atoms with Crippen molar-refractivity contribution in [1.29, 1.82) is 0 Å². The third-order valence-corrected chi connectivity index (χ3v) is 7.80. The fourth-order valence-electron chi connectivity index (χ4n) is 5.72. The molecule has 1 aromatic heterocycles. The molecule has 1 aliphatic carbocycles. The highest BCUT2D eigenvalue weighted by atomic mass is 35.5. The molecule has 2 heterocycles. The highest BCUT2D eigenvalue weighted by Gasteiger charge is 2.42. The molecule has 7 heteroatoms. The summed E-state index contributed by atoms with van der Waals surface area (Å²) in [4.78, 5) is 25.0. The lowest BCUT2D eigenvalue weighted by molar-refractivity contribution is -0.384. The van der Waals surface area contributed by atoms with Crippen molar-refractivity contribution in [3.8, 4) is 11.3 Å². The standard InChI is InChI=1S/C30H25ClN2O4/c1-16-12-23(33(35)36)19(13-21(16)31)25-10-11-26(37-25)29-28-20(14-30(2,3)15-24(28)34)27-18-7-5-4-6-17(18)8-9-22(27)32-29/h4-13,29,32H,14-15H2,1-3H3/t29-/m0/s1. The van der Waals surface area contributed by atoms with Gasteiger partial charge in [-0.05, 0) is 64.9 Å². The van der Waals surface area contributed by atoms with Crippen molar-refractivity contribution in [3.05, 3.63) is 98.3 Å². The Bertz CT molecular complexity index is 1660. The maximum atomic E-state index is 13.6. The van der Waals surface area contributed by atoms with Crippen molar-refractivity contribution in [3.63, 3.8) is 0 Å². The van der Waals surface area contributed by atoms with Gasteiger partial charge in [0.15, 0.2) is 5.78 Å². The van der Waals surface area contributed by atoms with Gasteiger partial charge in [-0.15, -0.1) is 0 Å². The minimum Gasteiger partial charge on any atom is -0.458 e. The van der Waals surface area contributed by atoms with Gasteiger partial charge in [-0.2, -0.15) is 0 Å². The number of carbonyl (C=O) groups excluding carboxylic acids is 1. The second-order valence-electron chi connectivity index (χ2n) is 10.7. The average Bonchev–Trinajstić information content (AvgIpc) is 3.33. The normalized spacial score (nSPS) is 18.4. The molecule has 0 saturated heterocycles. The number of furan rings is 1. The van der Waals surface area contributed by atoms with E-state index in [2.05, 4.69) is 43.4 Å². The number of nitro groups is 1. The number of benzene rings is 3. The second-order valence-corrected chi connectivity index (χ2v) is 11.1. The number of nitrogens with one attached hydrogen (secondary N) is 1. The van der Waals surface area contributed by atoms with E-state index in [1.165, 1.54) is 6.07 Å². The summed E-state index contributed by atoms with van der Waals surface area (Å²) in [6.45, 7) is 5.98. The molecule has 1 atom stereocenters. The van der Waals surface area contributed by atoms with Crippen molar-refractivity contribution >= 4 is 45.1 Å². The molecule has 0 saturated carbocycles. The molecular formula is C30H25ClN2O4. The molecule has 3 aromatic carbocycles. The monoisotopic (exact) mass is 512 g/mol. The van der Waals surface area contributed by atoms with Crippen LogP contribution in [0.4, 0.5) is 11.4 Å². The number of hydrogen-bond donors (Lipinski definition) is 1. The maximum Gasteiger partial charge on any atom is 0.280 e. The van der Waals surface area contributed by atoms with Gasteiger partial charge in [0.2, 0.25) is 0 Å². The van der Waals surface area contributed by atoms with E-state index in [-0.39, 0.29) is 16.9 Å². The third-order valence-electron chi connectivity index (χ3n) is 7.39. The van der Waals surface area contributed by atoms with Gasteiger partial charge < -0.3 is 9.73 Å². The highest BCUT2D eigenvalue weighted by Crippen LogP contribution is 2.52. The van der Waals surface area contributed by atoms with E-state index in [0.717, 1.165) is 34.0 Å². The summed E-state index contributed by atoms with van der Waals surface area (Å²) in [5.74, 6) is 0.949. The Morgan fingerprint density at radius 3 is 2.65 bits per heavy atom. The predicted octanol–water partition coefficient (Wildman–Crippen LogP) is 8.28. The minimum atomic E-state index is -0.499. The number of halogens is 1. The van der Waals surface area contributed by atoms with E-state index < -0.39 is 11.0 Å². The fraction of sp³-hybridized carbons (Fsp3) is 0.233. The molecule has 1 aliphatic heterocycles. The first-order valence-electron chi connectivity index (χ1n) is 12.2. The van der Waals surface area contributed by atoms with Crippen molar-refractivity contribution in [2.24, 2.45) is 5.41 Å². The summed E-state index contributed by atoms with van der Waals surface area (Å²) in [6, 6.07) is 18.3. The van der Waals surface area contributed by atoms with Crippen LogP contribution >= 0.6 is 11.6 Å². The largest absolute Gasteiger partial charge is 0.458 e. The molecule has 4 aromatic rings. The Hall–Kier alpha value is -3.90. The van der Waals surface area contributed by atoms with Crippen LogP contribution in [0.3, 0.4) is 0 Å². The minimum absolute atomic E-state index is 0.0772. The molecular weight excluding hydrogens is 488 g/mol. The van der Waals surface area contributed by atoms with E-state index in [1.54, 1.807) is 25.1 Å². The van der Waals surface area contributed by atoms with E-state index in [1.807, 2.05) is 12.1 Å². The maximum absolute atomic E-state index is 13.6. The van der Waals surface area contributed by atoms with Gasteiger partial charge in [-0.3, -0.25) is 14.9 Å². The molecule has 0 radical (unpaired) electrons. The van der Waals surface area contributed by atoms with Gasteiger partial charge in [0.05, 0.1) is 10.5 Å². The van der Waals surface area contributed by atoms with E-state index in [9.17, 15) is 14.9 Å². The van der Waals surface area contributed by atoms with Gasteiger partial charge in [0, 0.05) is 34.3 Å². The van der Waals surface area contributed by atoms with Gasteiger partial charge in [-0.25, -0.2) is 0 Å². The molecule has 1 N–H and O–H groups in total. The Morgan fingerprint density at radius 1 is 1.08 bits per heavy atom. The molecule has 0 bridgehead atoms. The summed E-state index contributed by atoms with van der Waals surface area (Å²) in [6.07, 6.45) is 1.20. The summed E-state index contributed by atoms with van der Waals surface area (Å²) in [7, 11) is 0. The number of ketones is 1. The Kier molecular flexibility index (Phi) is 5.28. The van der Waals surface area contributed by atoms with Crippen LogP contribution in [0.25, 0.3) is 27.7 Å². The van der Waals surface area contributed by atoms with Crippen LogP contribution in [0.2, 0.25) is 5.02 Å². The molecule has 0 fully saturated rings. The first kappa shape index (κ1) is 23.5. The SMILES string of the molecule is Cc1cc([N+](=O)[O-])c(-c2ccc([C@@H]3Nc4ccc5ccccc5c4C4=C3C(=O)CC(C)(C)C4)o2)cc1Cl. The second kappa shape index (κ2) is 8.32. The quantitative estimate of drug-likeness (QED) is 0.220. The van der Waals surface area contributed by atoms with E-state index in [4.69, 9.17) is 16.0 Å². The van der Waals surface area contributed by atoms with Gasteiger partial charge in [0.25, 0.3) is 5.69 Å². The molecule has 186 valence electrons. The summed E-state index contributed by atoms with van der Waals surface area (Å²) >= 11 is 6.31. The first-order valence-corrected chi connectivity index (χ1v) is 12.6. The number of aryl methyl sites for hydroxylation is 1. The summed E-state index contributed by atoms with van der Waals surface area (Å²) < 4.78 is 6.23. The van der Waals surface area contributed by atoms with Crippen LogP contribution in [0.15, 0.2) is 70.7 Å². The molecule has 0 unspecified atom stereocenters. The number of anilines is 1. The number of fused-ring (bicyclic) bond motifs is 4. The molecule has 2 aliphatic rings. The van der Waals surface area contributed by atoms with Crippen molar-refractivity contribution in [1.82, 2.24) is 0 Å². The van der Waals surface area contributed by atoms with Crippen LogP contribution in [0.5, 0.6) is 0 Å². The number of nitrogens with zero attached hydrogens (tertiary/aromatic N) is 1. The Labute approximate surface area is 219 Å². The van der Waals surface area contributed by atoms with Crippen LogP contribution in [-0.4, -0.2) is 10.7 Å². The number of carbonyl (C=O) groups is 1. The summed E-state index contributed by atoms with van der Waals surface area (Å²) in [5, 5.41) is 18.0. The topological polar surface area (TPSA) is 85.4 Å². The van der Waals surface area contributed by atoms with E-state index in [0.29, 0.717) is 39.7 Å².